The van der Waals surface area contributed by atoms with Gasteiger partial charge in [-0.05, 0) is 45.0 Å². The summed E-state index contributed by atoms with van der Waals surface area (Å²) < 4.78 is 0. The molecule has 1 atom stereocenters. The van der Waals surface area contributed by atoms with Gasteiger partial charge in [0.1, 0.15) is 5.75 Å². The second-order valence-corrected chi connectivity index (χ2v) is 6.33. The van der Waals surface area contributed by atoms with Gasteiger partial charge in [0.25, 0.3) is 0 Å². The van der Waals surface area contributed by atoms with Crippen LogP contribution in [0, 0.1) is 0 Å². The van der Waals surface area contributed by atoms with E-state index in [-0.39, 0.29) is 23.7 Å². The quantitative estimate of drug-likeness (QED) is 0.769. The molecule has 1 aromatic carbocycles. The maximum absolute atomic E-state index is 12.2. The minimum absolute atomic E-state index is 0.0121. The summed E-state index contributed by atoms with van der Waals surface area (Å²) >= 11 is 0. The van der Waals surface area contributed by atoms with Crippen molar-refractivity contribution >= 4 is 17.6 Å². The van der Waals surface area contributed by atoms with E-state index in [2.05, 4.69) is 20.4 Å². The molecule has 0 bridgehead atoms. The zero-order chi connectivity index (χ0) is 17.7. The summed E-state index contributed by atoms with van der Waals surface area (Å²) in [6, 6.07) is 6.29. The number of piperazine rings is 1. The summed E-state index contributed by atoms with van der Waals surface area (Å²) in [6.45, 7) is 8.56. The lowest BCUT2D eigenvalue weighted by atomic mass is 10.2. The van der Waals surface area contributed by atoms with E-state index < -0.39 is 6.03 Å². The first kappa shape index (κ1) is 18.1. The number of urea groups is 1. The number of hydrogen-bond acceptors (Lipinski definition) is 5. The highest BCUT2D eigenvalue weighted by Gasteiger charge is 2.26. The Labute approximate surface area is 142 Å². The minimum Gasteiger partial charge on any atom is -0.508 e. The molecule has 3 N–H and O–H groups in total. The van der Waals surface area contributed by atoms with Crippen molar-refractivity contribution in [2.45, 2.75) is 32.9 Å². The van der Waals surface area contributed by atoms with Crippen LogP contribution in [0.1, 0.15) is 20.8 Å². The number of aromatic hydroxyl groups is 1. The van der Waals surface area contributed by atoms with Crippen molar-refractivity contribution in [3.63, 3.8) is 0 Å². The fraction of sp³-hybridized carbons (Fsp3) is 0.529. The second kappa shape index (κ2) is 8.01. The minimum atomic E-state index is -0.454. The Morgan fingerprint density at radius 2 is 1.62 bits per heavy atom. The highest BCUT2D eigenvalue weighted by Crippen LogP contribution is 2.20. The van der Waals surface area contributed by atoms with Crippen molar-refractivity contribution in [3.05, 3.63) is 24.3 Å². The zero-order valence-corrected chi connectivity index (χ0v) is 14.5. The molecule has 1 saturated heterocycles. The normalized spacial score (nSPS) is 16.8. The number of phenols is 1. The van der Waals surface area contributed by atoms with Gasteiger partial charge >= 0.3 is 6.03 Å². The first-order valence-electron chi connectivity index (χ1n) is 8.26. The van der Waals surface area contributed by atoms with Crippen LogP contribution in [0.5, 0.6) is 5.75 Å². The molecule has 0 radical (unpaired) electrons. The van der Waals surface area contributed by atoms with Crippen molar-refractivity contribution in [2.24, 2.45) is 0 Å². The van der Waals surface area contributed by atoms with E-state index in [1.165, 1.54) is 0 Å². The van der Waals surface area contributed by atoms with Crippen molar-refractivity contribution < 1.29 is 14.7 Å². The third-order valence-electron chi connectivity index (χ3n) is 4.11. The molecular weight excluding hydrogens is 308 g/mol. The molecule has 1 heterocycles. The molecule has 0 saturated carbocycles. The van der Waals surface area contributed by atoms with Crippen LogP contribution in [0.25, 0.3) is 0 Å². The highest BCUT2D eigenvalue weighted by molar-refractivity contribution is 5.96. The number of rotatable bonds is 4. The Bertz CT molecular complexity index is 566. The number of anilines is 1. The van der Waals surface area contributed by atoms with Crippen LogP contribution >= 0.6 is 0 Å². The number of carbonyl (C=O) groups is 2. The first-order valence-corrected chi connectivity index (χ1v) is 8.26. The summed E-state index contributed by atoms with van der Waals surface area (Å²) in [6.07, 6.45) is 0. The number of hydrogen-bond donors (Lipinski definition) is 3. The number of nitrogens with zero attached hydrogens (tertiary/aromatic N) is 2. The molecule has 1 fully saturated rings. The molecule has 3 amide bonds. The van der Waals surface area contributed by atoms with E-state index in [4.69, 9.17) is 0 Å². The van der Waals surface area contributed by atoms with Crippen LogP contribution in [0.2, 0.25) is 0 Å². The Morgan fingerprint density at radius 1 is 1.04 bits per heavy atom. The third-order valence-corrected chi connectivity index (χ3v) is 4.11. The van der Waals surface area contributed by atoms with Crippen LogP contribution < -0.4 is 15.5 Å². The van der Waals surface area contributed by atoms with Crippen molar-refractivity contribution in [3.8, 4) is 5.75 Å². The first-order chi connectivity index (χ1) is 11.4. The van der Waals surface area contributed by atoms with Gasteiger partial charge in [-0.3, -0.25) is 15.0 Å². The van der Waals surface area contributed by atoms with Crippen LogP contribution in [-0.2, 0) is 4.79 Å². The number of amides is 3. The van der Waals surface area contributed by atoms with Crippen LogP contribution in [-0.4, -0.2) is 60.2 Å². The number of carbonyl (C=O) groups excluding carboxylic acids is 2. The number of benzene rings is 1. The molecule has 1 aromatic rings. The Hall–Kier alpha value is -2.28. The fourth-order valence-corrected chi connectivity index (χ4v) is 2.71. The molecule has 132 valence electrons. The van der Waals surface area contributed by atoms with Gasteiger partial charge < -0.3 is 15.3 Å². The van der Waals surface area contributed by atoms with Crippen LogP contribution in [0.4, 0.5) is 10.5 Å². The SMILES string of the molecule is CC(C)NC(=O)NC(=O)[C@H](C)N1CCN(c2ccc(O)cc2)CC1. The Kier molecular flexibility index (Phi) is 6.03. The van der Waals surface area contributed by atoms with Gasteiger partial charge in [0.05, 0.1) is 6.04 Å². The molecular formula is C17H26N4O3. The smallest absolute Gasteiger partial charge is 0.321 e. The topological polar surface area (TPSA) is 84.9 Å². The van der Waals surface area contributed by atoms with E-state index in [0.29, 0.717) is 0 Å². The van der Waals surface area contributed by atoms with Crippen molar-refractivity contribution in [1.29, 1.82) is 0 Å². The van der Waals surface area contributed by atoms with E-state index in [9.17, 15) is 14.7 Å². The Balaban J connectivity index is 1.83. The lowest BCUT2D eigenvalue weighted by molar-refractivity contribution is -0.124. The standard InChI is InChI=1S/C17H26N4O3/c1-12(2)18-17(24)19-16(23)13(3)20-8-10-21(11-9-20)14-4-6-15(22)7-5-14/h4-7,12-13,22H,8-11H2,1-3H3,(H2,18,19,23,24)/t13-/m0/s1. The van der Waals surface area contributed by atoms with E-state index >= 15 is 0 Å². The highest BCUT2D eigenvalue weighted by atomic mass is 16.3. The van der Waals surface area contributed by atoms with Crippen LogP contribution in [0.15, 0.2) is 24.3 Å². The summed E-state index contributed by atoms with van der Waals surface area (Å²) in [5.41, 5.74) is 1.06. The van der Waals surface area contributed by atoms with Gasteiger partial charge in [-0.15, -0.1) is 0 Å². The lowest BCUT2D eigenvalue weighted by Gasteiger charge is -2.38. The molecule has 7 heteroatoms. The molecule has 0 aromatic heterocycles. The maximum Gasteiger partial charge on any atom is 0.321 e. The summed E-state index contributed by atoms with van der Waals surface area (Å²) in [4.78, 5) is 28.1. The third kappa shape index (κ3) is 4.86. The predicted octanol–water partition coefficient (Wildman–Crippen LogP) is 1.14. The van der Waals surface area contributed by atoms with E-state index in [1.54, 1.807) is 12.1 Å². The summed E-state index contributed by atoms with van der Waals surface area (Å²) in [7, 11) is 0. The van der Waals surface area contributed by atoms with E-state index in [1.807, 2.05) is 32.9 Å². The van der Waals surface area contributed by atoms with Gasteiger partial charge in [-0.1, -0.05) is 0 Å². The number of imide groups is 1. The van der Waals surface area contributed by atoms with Gasteiger partial charge in [0.15, 0.2) is 0 Å². The van der Waals surface area contributed by atoms with Crippen molar-refractivity contribution in [2.75, 3.05) is 31.1 Å². The molecule has 1 aliphatic rings. The monoisotopic (exact) mass is 334 g/mol. The molecule has 0 unspecified atom stereocenters. The number of nitrogens with one attached hydrogen (secondary N) is 2. The van der Waals surface area contributed by atoms with Gasteiger partial charge in [0.2, 0.25) is 5.91 Å². The molecule has 2 rings (SSSR count). The largest absolute Gasteiger partial charge is 0.508 e. The molecule has 1 aliphatic heterocycles. The lowest BCUT2D eigenvalue weighted by Crippen LogP contribution is -2.55. The average molecular weight is 334 g/mol. The summed E-state index contributed by atoms with van der Waals surface area (Å²) in [5, 5.41) is 14.4. The Morgan fingerprint density at radius 3 is 2.17 bits per heavy atom. The zero-order valence-electron chi connectivity index (χ0n) is 14.5. The maximum atomic E-state index is 12.2. The van der Waals surface area contributed by atoms with E-state index in [0.717, 1.165) is 31.9 Å². The van der Waals surface area contributed by atoms with Gasteiger partial charge in [-0.2, -0.15) is 0 Å². The molecule has 0 spiro atoms. The second-order valence-electron chi connectivity index (χ2n) is 6.33. The molecule has 0 aliphatic carbocycles. The predicted molar refractivity (Wildman–Crippen MR) is 93.2 cm³/mol. The fourth-order valence-electron chi connectivity index (χ4n) is 2.71. The molecule has 24 heavy (non-hydrogen) atoms. The van der Waals surface area contributed by atoms with Gasteiger partial charge in [0, 0.05) is 37.9 Å². The van der Waals surface area contributed by atoms with Gasteiger partial charge in [-0.25, -0.2) is 4.79 Å². The van der Waals surface area contributed by atoms with Crippen molar-refractivity contribution in [1.82, 2.24) is 15.5 Å². The number of phenolic OH excluding ortho intramolecular Hbond substituents is 1. The molecule has 7 nitrogen and oxygen atoms in total. The average Bonchev–Trinajstić information content (AvgIpc) is 2.54. The summed E-state index contributed by atoms with van der Waals surface area (Å²) in [5.74, 6) is -0.0337. The van der Waals surface area contributed by atoms with Crippen LogP contribution in [0.3, 0.4) is 0 Å².